The highest BCUT2D eigenvalue weighted by Gasteiger charge is 2.54. The van der Waals surface area contributed by atoms with Gasteiger partial charge in [-0.2, -0.15) is 0 Å². The van der Waals surface area contributed by atoms with Crippen LogP contribution in [0.1, 0.15) is 146 Å². The Bertz CT molecular complexity index is 1210. The van der Waals surface area contributed by atoms with Gasteiger partial charge in [-0.1, -0.05) is 104 Å². The molecular formula is C43H76O4Si2. The predicted octanol–water partition coefficient (Wildman–Crippen LogP) is 12.1. The number of allylic oxidation sites excluding steroid dienone is 4. The fraction of sp³-hybridized carbons (Fsp3) is 0.837. The maximum atomic E-state index is 12.9. The van der Waals surface area contributed by atoms with Crippen molar-refractivity contribution in [2.45, 2.75) is 200 Å². The normalized spacial score (nSPS) is 31.6. The standard InChI is InChI=1S/C43H76O4Si2/c1-14-15-18-38(44)43(26-27-43)39(45)24-19-31(2)36-22-23-37-33(17-16-25-42(36,37)9)21-20-32-28-34(46-48(10,11)40(3,4)5)30-35(29-32)47-49(12,13)41(6,7)8/h19-21,24,31,34-37,39,45H,14-18,22-23,25-30H2,1-13H3/b24-19+,33-21+/t31-,34-,35-,36-,37+,39+,42-/m1/s1. The number of hydrogen-bond acceptors (Lipinski definition) is 4. The fourth-order valence-electron chi connectivity index (χ4n) is 9.06. The smallest absolute Gasteiger partial charge is 0.192 e. The van der Waals surface area contributed by atoms with Gasteiger partial charge in [0.15, 0.2) is 16.6 Å². The Balaban J connectivity index is 1.50. The lowest BCUT2D eigenvalue weighted by Crippen LogP contribution is -2.48. The van der Waals surface area contributed by atoms with E-state index in [0.29, 0.717) is 24.2 Å². The summed E-state index contributed by atoms with van der Waals surface area (Å²) < 4.78 is 14.2. The number of rotatable bonds is 13. The summed E-state index contributed by atoms with van der Waals surface area (Å²) in [5.41, 5.74) is 2.93. The first kappa shape index (κ1) is 41.0. The number of carbonyl (C=O) groups excluding carboxylic acids is 1. The van der Waals surface area contributed by atoms with Gasteiger partial charge in [-0.25, -0.2) is 0 Å². The molecule has 280 valence electrons. The van der Waals surface area contributed by atoms with E-state index in [4.69, 9.17) is 8.85 Å². The summed E-state index contributed by atoms with van der Waals surface area (Å²) in [6.07, 6.45) is 22.6. The molecule has 0 aromatic rings. The van der Waals surface area contributed by atoms with Crippen molar-refractivity contribution in [1.29, 1.82) is 0 Å². The molecule has 1 N–H and O–H groups in total. The summed E-state index contributed by atoms with van der Waals surface area (Å²) in [4.78, 5) is 12.9. The number of fused-ring (bicyclic) bond motifs is 1. The van der Waals surface area contributed by atoms with Gasteiger partial charge in [-0.05, 0) is 130 Å². The molecule has 0 aromatic heterocycles. The van der Waals surface area contributed by atoms with Gasteiger partial charge in [0.1, 0.15) is 5.78 Å². The average Bonchev–Trinajstić information content (AvgIpc) is 3.72. The molecule has 7 atom stereocenters. The van der Waals surface area contributed by atoms with Crippen LogP contribution in [0.15, 0.2) is 35.5 Å². The van der Waals surface area contributed by atoms with Crippen LogP contribution in [-0.2, 0) is 13.6 Å². The number of hydrogen-bond donors (Lipinski definition) is 1. The van der Waals surface area contributed by atoms with E-state index in [0.717, 1.165) is 44.9 Å². The van der Waals surface area contributed by atoms with E-state index in [9.17, 15) is 9.90 Å². The zero-order chi connectivity index (χ0) is 36.6. The Morgan fingerprint density at radius 2 is 1.49 bits per heavy atom. The fourth-order valence-corrected chi connectivity index (χ4v) is 11.8. The molecule has 0 aromatic carbocycles. The summed E-state index contributed by atoms with van der Waals surface area (Å²) >= 11 is 0. The molecule has 0 heterocycles. The van der Waals surface area contributed by atoms with Crippen molar-refractivity contribution in [2.24, 2.45) is 28.6 Å². The first-order chi connectivity index (χ1) is 22.6. The van der Waals surface area contributed by atoms with Crippen LogP contribution in [0.2, 0.25) is 36.3 Å². The van der Waals surface area contributed by atoms with Gasteiger partial charge < -0.3 is 14.0 Å². The van der Waals surface area contributed by atoms with Crippen LogP contribution in [0, 0.1) is 28.6 Å². The second-order valence-electron chi connectivity index (χ2n) is 20.2. The highest BCUT2D eigenvalue weighted by atomic mass is 28.4. The molecule has 0 amide bonds. The van der Waals surface area contributed by atoms with E-state index in [2.05, 4.69) is 107 Å². The van der Waals surface area contributed by atoms with Gasteiger partial charge in [0.2, 0.25) is 0 Å². The van der Waals surface area contributed by atoms with Gasteiger partial charge in [0.25, 0.3) is 0 Å². The number of Topliss-reactive ketones (excluding diaryl/α,β-unsaturated/α-hetero) is 1. The third-order valence-electron chi connectivity index (χ3n) is 14.5. The first-order valence-electron chi connectivity index (χ1n) is 20.2. The number of aliphatic hydroxyl groups excluding tert-OH is 1. The molecule has 0 spiro atoms. The van der Waals surface area contributed by atoms with Gasteiger partial charge >= 0.3 is 0 Å². The molecule has 0 bridgehead atoms. The second-order valence-corrected chi connectivity index (χ2v) is 29.7. The summed E-state index contributed by atoms with van der Waals surface area (Å²) in [6.45, 7) is 30.7. The molecule has 4 saturated carbocycles. The Hall–Kier alpha value is -0.796. The minimum atomic E-state index is -1.91. The number of aliphatic hydroxyl groups is 1. The zero-order valence-electron chi connectivity index (χ0n) is 34.1. The lowest BCUT2D eigenvalue weighted by Gasteiger charge is -2.45. The summed E-state index contributed by atoms with van der Waals surface area (Å²) in [5.74, 6) is 1.89. The number of carbonyl (C=O) groups is 1. The third kappa shape index (κ3) is 9.23. The van der Waals surface area contributed by atoms with E-state index >= 15 is 0 Å². The minimum Gasteiger partial charge on any atom is -0.414 e. The largest absolute Gasteiger partial charge is 0.414 e. The molecule has 4 rings (SSSR count). The SMILES string of the molecule is CCCCC(=O)C1([C@@H](O)/C=C/[C@@H](C)[C@H]2CC[C@H]3/C(=C/C=C4C[C@@H](O[Si](C)(C)C(C)(C)C)C[C@H](O[Si](C)(C)C(C)(C)C)C4)CCC[C@]23C)CC1. The summed E-state index contributed by atoms with van der Waals surface area (Å²) in [7, 11) is -3.81. The monoisotopic (exact) mass is 713 g/mol. The molecule has 0 saturated heterocycles. The molecule has 4 aliphatic rings. The van der Waals surface area contributed by atoms with Crippen molar-refractivity contribution in [1.82, 2.24) is 0 Å². The van der Waals surface area contributed by atoms with E-state index < -0.39 is 28.2 Å². The molecule has 6 heteroatoms. The maximum Gasteiger partial charge on any atom is 0.192 e. The quantitative estimate of drug-likeness (QED) is 0.153. The molecule has 0 unspecified atom stereocenters. The Morgan fingerprint density at radius 1 is 0.918 bits per heavy atom. The molecule has 0 aliphatic heterocycles. The third-order valence-corrected chi connectivity index (χ3v) is 23.6. The van der Waals surface area contributed by atoms with Crippen LogP contribution < -0.4 is 0 Å². The maximum absolute atomic E-state index is 12.9. The van der Waals surface area contributed by atoms with E-state index in [1.807, 2.05) is 6.08 Å². The number of ketones is 1. The molecular weight excluding hydrogens is 637 g/mol. The van der Waals surface area contributed by atoms with Crippen LogP contribution in [-0.4, -0.2) is 45.8 Å². The summed E-state index contributed by atoms with van der Waals surface area (Å²) in [5, 5.41) is 11.5. The van der Waals surface area contributed by atoms with E-state index in [1.165, 1.54) is 37.7 Å². The van der Waals surface area contributed by atoms with E-state index in [1.54, 1.807) is 5.57 Å². The minimum absolute atomic E-state index is 0.188. The van der Waals surface area contributed by atoms with Crippen molar-refractivity contribution < 1.29 is 18.8 Å². The zero-order valence-corrected chi connectivity index (χ0v) is 36.1. The van der Waals surface area contributed by atoms with Crippen LogP contribution in [0.25, 0.3) is 0 Å². The Kier molecular flexibility index (Phi) is 12.8. The van der Waals surface area contributed by atoms with Crippen LogP contribution >= 0.6 is 0 Å². The van der Waals surface area contributed by atoms with Gasteiger partial charge in [0.05, 0.1) is 23.7 Å². The molecule has 4 nitrogen and oxygen atoms in total. The Morgan fingerprint density at radius 3 is 2.00 bits per heavy atom. The van der Waals surface area contributed by atoms with E-state index in [-0.39, 0.29) is 33.5 Å². The van der Waals surface area contributed by atoms with Crippen LogP contribution in [0.4, 0.5) is 0 Å². The van der Waals surface area contributed by atoms with Crippen molar-refractivity contribution in [3.8, 4) is 0 Å². The van der Waals surface area contributed by atoms with Crippen molar-refractivity contribution >= 4 is 22.4 Å². The van der Waals surface area contributed by atoms with Gasteiger partial charge in [-0.15, -0.1) is 0 Å². The average molecular weight is 713 g/mol. The van der Waals surface area contributed by atoms with Gasteiger partial charge in [0, 0.05) is 6.42 Å². The second kappa shape index (κ2) is 15.3. The molecule has 4 aliphatic carbocycles. The molecule has 49 heavy (non-hydrogen) atoms. The highest BCUT2D eigenvalue weighted by Crippen LogP contribution is 2.60. The Labute approximate surface area is 304 Å². The van der Waals surface area contributed by atoms with Crippen molar-refractivity contribution in [3.05, 3.63) is 35.5 Å². The van der Waals surface area contributed by atoms with Crippen molar-refractivity contribution in [3.63, 3.8) is 0 Å². The summed E-state index contributed by atoms with van der Waals surface area (Å²) in [6, 6.07) is 0. The molecule has 0 radical (unpaired) electrons. The van der Waals surface area contributed by atoms with Crippen LogP contribution in [0.5, 0.6) is 0 Å². The first-order valence-corrected chi connectivity index (χ1v) is 26.0. The highest BCUT2D eigenvalue weighted by molar-refractivity contribution is 6.74. The molecule has 4 fully saturated rings. The van der Waals surface area contributed by atoms with Crippen molar-refractivity contribution in [2.75, 3.05) is 0 Å². The predicted molar refractivity (Wildman–Crippen MR) is 213 cm³/mol. The lowest BCUT2D eigenvalue weighted by molar-refractivity contribution is -0.127. The lowest BCUT2D eigenvalue weighted by atomic mass is 9.61. The van der Waals surface area contributed by atoms with Crippen LogP contribution in [0.3, 0.4) is 0 Å². The topological polar surface area (TPSA) is 55.8 Å². The van der Waals surface area contributed by atoms with Gasteiger partial charge in [-0.3, -0.25) is 4.79 Å². The number of unbranched alkanes of at least 4 members (excludes halogenated alkanes) is 1.